The van der Waals surface area contributed by atoms with E-state index in [9.17, 15) is 15.0 Å². The second-order valence-corrected chi connectivity index (χ2v) is 10.3. The summed E-state index contributed by atoms with van der Waals surface area (Å²) in [5.74, 6) is -0.0202. The Morgan fingerprint density at radius 1 is 1.19 bits per heavy atom. The van der Waals surface area contributed by atoms with Gasteiger partial charge in [0.05, 0.1) is 5.56 Å². The van der Waals surface area contributed by atoms with Gasteiger partial charge in [-0.15, -0.1) is 0 Å². The lowest BCUT2D eigenvalue weighted by atomic mass is 9.44. The van der Waals surface area contributed by atoms with Crippen molar-refractivity contribution in [3.05, 3.63) is 22.8 Å². The van der Waals surface area contributed by atoms with Crippen molar-refractivity contribution in [1.29, 1.82) is 0 Å². The Balaban J connectivity index is 1.83. The number of aryl methyl sites for hydroxylation is 1. The molecule has 0 amide bonds. The molecule has 2 saturated carbocycles. The van der Waals surface area contributed by atoms with Crippen LogP contribution in [-0.2, 0) is 6.42 Å². The molecule has 27 heavy (non-hydrogen) atoms. The molecule has 1 aromatic rings. The van der Waals surface area contributed by atoms with Crippen molar-refractivity contribution < 1.29 is 19.7 Å². The predicted octanol–water partition coefficient (Wildman–Crippen LogP) is 4.70. The summed E-state index contributed by atoms with van der Waals surface area (Å²) in [6, 6.07) is 1.76. The molecule has 1 heterocycles. The van der Waals surface area contributed by atoms with Crippen LogP contribution in [0.4, 0.5) is 0 Å². The number of rotatable bonds is 1. The molecule has 1 aromatic carbocycles. The fourth-order valence-electron chi connectivity index (χ4n) is 6.98. The number of benzene rings is 1. The second kappa shape index (κ2) is 5.65. The van der Waals surface area contributed by atoms with Crippen LogP contribution in [0.5, 0.6) is 11.5 Å². The van der Waals surface area contributed by atoms with Crippen molar-refractivity contribution >= 4 is 5.97 Å². The molecular formula is C23H31O4-. The lowest BCUT2D eigenvalue weighted by molar-refractivity contribution is -0.271. The van der Waals surface area contributed by atoms with Gasteiger partial charge in [0.1, 0.15) is 11.4 Å². The number of hydrogen-bond acceptors (Lipinski definition) is 3. The third kappa shape index (κ3) is 2.51. The van der Waals surface area contributed by atoms with E-state index in [2.05, 4.69) is 27.7 Å². The van der Waals surface area contributed by atoms with E-state index in [-0.39, 0.29) is 28.2 Å². The van der Waals surface area contributed by atoms with Gasteiger partial charge < -0.3 is 14.9 Å². The Morgan fingerprint density at radius 2 is 1.89 bits per heavy atom. The summed E-state index contributed by atoms with van der Waals surface area (Å²) in [6.45, 7) is 11.1. The highest BCUT2D eigenvalue weighted by Crippen LogP contribution is 2.65. The van der Waals surface area contributed by atoms with Crippen LogP contribution in [0.2, 0.25) is 0 Å². The van der Waals surface area contributed by atoms with E-state index in [0.29, 0.717) is 34.6 Å². The Morgan fingerprint density at radius 3 is 2.56 bits per heavy atom. The molecule has 2 fully saturated rings. The van der Waals surface area contributed by atoms with Gasteiger partial charge in [-0.2, -0.15) is 0 Å². The maximum Gasteiger partial charge on any atom is 0.335 e. The minimum atomic E-state index is -1.14. The molecule has 4 nitrogen and oxygen atoms in total. The maximum atomic E-state index is 13.0. The molecule has 4 atom stereocenters. The highest BCUT2D eigenvalue weighted by molar-refractivity contribution is 5.93. The van der Waals surface area contributed by atoms with Crippen molar-refractivity contribution in [2.24, 2.45) is 22.7 Å². The van der Waals surface area contributed by atoms with Gasteiger partial charge >= 0.3 is 5.97 Å². The SMILES string of the molecule is Cc1cc2c(c([O-])c1C(=O)O)C[C@@H]1[C@@]3(C)CCCC(C)(C)[C@@H]3CC[C@@]1(C)O2. The first-order valence-corrected chi connectivity index (χ1v) is 10.3. The van der Waals surface area contributed by atoms with Crippen LogP contribution in [-0.4, -0.2) is 16.7 Å². The van der Waals surface area contributed by atoms with Gasteiger partial charge in [-0.25, -0.2) is 4.79 Å². The van der Waals surface area contributed by atoms with Gasteiger partial charge in [0.15, 0.2) is 0 Å². The molecule has 0 unspecified atom stereocenters. The molecule has 0 spiro atoms. The molecule has 148 valence electrons. The Labute approximate surface area is 161 Å². The number of carboxylic acid groups (broad SMARTS) is 1. The van der Waals surface area contributed by atoms with Gasteiger partial charge in [0.25, 0.3) is 0 Å². The van der Waals surface area contributed by atoms with Crippen LogP contribution < -0.4 is 9.84 Å². The van der Waals surface area contributed by atoms with Crippen molar-refractivity contribution in [3.8, 4) is 11.5 Å². The quantitative estimate of drug-likeness (QED) is 0.776. The average molecular weight is 371 g/mol. The van der Waals surface area contributed by atoms with Crippen LogP contribution in [0.3, 0.4) is 0 Å². The molecular weight excluding hydrogens is 340 g/mol. The standard InChI is InChI=1S/C23H32O4/c1-13-11-15-14(19(24)18(13)20(25)26)12-17-22(4)9-6-8-21(2,3)16(22)7-10-23(17,5)27-15/h11,16-17,24H,6-10,12H2,1-5H3,(H,25,26)/p-1/t16-,17+,22-,23+/m0/s1. The minimum Gasteiger partial charge on any atom is -0.872 e. The summed E-state index contributed by atoms with van der Waals surface area (Å²) in [6.07, 6.45) is 6.40. The summed E-state index contributed by atoms with van der Waals surface area (Å²) in [5.41, 5.74) is 1.11. The van der Waals surface area contributed by atoms with E-state index in [1.54, 1.807) is 13.0 Å². The molecule has 1 aliphatic heterocycles. The van der Waals surface area contributed by atoms with Crippen molar-refractivity contribution in [2.75, 3.05) is 0 Å². The zero-order valence-corrected chi connectivity index (χ0v) is 17.1. The van der Waals surface area contributed by atoms with Crippen LogP contribution in [0.1, 0.15) is 81.3 Å². The van der Waals surface area contributed by atoms with E-state index in [1.165, 1.54) is 12.8 Å². The first kappa shape index (κ1) is 18.6. The molecule has 3 aliphatic rings. The zero-order valence-electron chi connectivity index (χ0n) is 17.1. The summed E-state index contributed by atoms with van der Waals surface area (Å²) >= 11 is 0. The van der Waals surface area contributed by atoms with Gasteiger partial charge in [-0.1, -0.05) is 32.9 Å². The molecule has 0 bridgehead atoms. The summed E-state index contributed by atoms with van der Waals surface area (Å²) in [5, 5.41) is 22.5. The lowest BCUT2D eigenvalue weighted by Crippen LogP contribution is -2.61. The predicted molar refractivity (Wildman–Crippen MR) is 102 cm³/mol. The Hall–Kier alpha value is -1.71. The van der Waals surface area contributed by atoms with Crippen molar-refractivity contribution in [3.63, 3.8) is 0 Å². The lowest BCUT2D eigenvalue weighted by Gasteiger charge is -2.63. The first-order chi connectivity index (χ1) is 12.5. The largest absolute Gasteiger partial charge is 0.872 e. The molecule has 1 N–H and O–H groups in total. The summed E-state index contributed by atoms with van der Waals surface area (Å²) in [7, 11) is 0. The molecule has 0 aromatic heterocycles. The molecule has 0 saturated heterocycles. The number of ether oxygens (including phenoxy) is 1. The zero-order chi connectivity index (χ0) is 19.8. The van der Waals surface area contributed by atoms with Crippen LogP contribution in [0.25, 0.3) is 0 Å². The molecule has 4 rings (SSSR count). The first-order valence-electron chi connectivity index (χ1n) is 10.3. The van der Waals surface area contributed by atoms with Crippen molar-refractivity contribution in [2.45, 2.75) is 78.7 Å². The third-order valence-electron chi connectivity index (χ3n) is 8.24. The van der Waals surface area contributed by atoms with E-state index >= 15 is 0 Å². The van der Waals surface area contributed by atoms with Gasteiger partial charge in [0.2, 0.25) is 0 Å². The highest BCUT2D eigenvalue weighted by Gasteiger charge is 2.60. The Bertz CT molecular complexity index is 811. The van der Waals surface area contributed by atoms with Gasteiger partial charge in [0, 0.05) is 5.92 Å². The average Bonchev–Trinajstić information content (AvgIpc) is 2.51. The molecule has 0 radical (unpaired) electrons. The minimum absolute atomic E-state index is 0.0950. The second-order valence-electron chi connectivity index (χ2n) is 10.3. The summed E-state index contributed by atoms with van der Waals surface area (Å²) < 4.78 is 6.51. The van der Waals surface area contributed by atoms with E-state index in [0.717, 1.165) is 19.3 Å². The number of carboxylic acids is 1. The summed E-state index contributed by atoms with van der Waals surface area (Å²) in [4.78, 5) is 11.6. The van der Waals surface area contributed by atoms with E-state index < -0.39 is 5.97 Å². The smallest absolute Gasteiger partial charge is 0.335 e. The molecule has 2 aliphatic carbocycles. The van der Waals surface area contributed by atoms with Gasteiger partial charge in [-0.3, -0.25) is 0 Å². The fourth-order valence-corrected chi connectivity index (χ4v) is 6.98. The van der Waals surface area contributed by atoms with Crippen LogP contribution in [0, 0.1) is 29.6 Å². The molecule has 4 heteroatoms. The normalized spacial score (nSPS) is 36.8. The monoisotopic (exact) mass is 371 g/mol. The number of aromatic carboxylic acids is 1. The van der Waals surface area contributed by atoms with Crippen LogP contribution >= 0.6 is 0 Å². The Kier molecular flexibility index (Phi) is 3.90. The number of fused-ring (bicyclic) bond motifs is 4. The number of carbonyl (C=O) groups is 1. The number of hydrogen-bond donors (Lipinski definition) is 1. The fraction of sp³-hybridized carbons (Fsp3) is 0.696. The van der Waals surface area contributed by atoms with Gasteiger partial charge in [-0.05, 0) is 79.9 Å². The third-order valence-corrected chi connectivity index (χ3v) is 8.24. The highest BCUT2D eigenvalue weighted by atomic mass is 16.5. The maximum absolute atomic E-state index is 13.0. The van der Waals surface area contributed by atoms with Crippen LogP contribution in [0.15, 0.2) is 6.07 Å². The van der Waals surface area contributed by atoms with Crippen molar-refractivity contribution in [1.82, 2.24) is 0 Å². The topological polar surface area (TPSA) is 69.6 Å². The van der Waals surface area contributed by atoms with E-state index in [1.807, 2.05) is 0 Å². The van der Waals surface area contributed by atoms with E-state index in [4.69, 9.17) is 4.74 Å².